The molecule has 3 nitrogen and oxygen atoms in total. The van der Waals surface area contributed by atoms with Crippen molar-refractivity contribution in [3.8, 4) is 0 Å². The fraction of sp³-hybridized carbons (Fsp3) is 0.515. The maximum atomic E-state index is 14.0. The third kappa shape index (κ3) is 6.53. The lowest BCUT2D eigenvalue weighted by Crippen LogP contribution is -2.44. The van der Waals surface area contributed by atoms with Gasteiger partial charge in [0.15, 0.2) is 5.83 Å². The van der Waals surface area contributed by atoms with Gasteiger partial charge in [0, 0.05) is 19.1 Å². The van der Waals surface area contributed by atoms with Crippen LogP contribution in [0.1, 0.15) is 63.5 Å². The lowest BCUT2D eigenvalue weighted by Gasteiger charge is -2.35. The van der Waals surface area contributed by atoms with Gasteiger partial charge in [0.05, 0.1) is 11.0 Å². The van der Waals surface area contributed by atoms with Gasteiger partial charge in [-0.2, -0.15) is 17.6 Å². The molecule has 4 aliphatic rings. The number of nitrogens with zero attached hydrogens (tertiary/aromatic N) is 1. The van der Waals surface area contributed by atoms with Crippen LogP contribution in [0.15, 0.2) is 71.3 Å². The summed E-state index contributed by atoms with van der Waals surface area (Å²) in [6.45, 7) is 6.24. The van der Waals surface area contributed by atoms with Crippen molar-refractivity contribution in [2.24, 2.45) is 16.7 Å². The minimum Gasteiger partial charge on any atom is -0.352 e. The molecule has 7 heteroatoms. The van der Waals surface area contributed by atoms with Crippen molar-refractivity contribution >= 4 is 12.0 Å². The predicted octanol–water partition coefficient (Wildman–Crippen LogP) is 7.48. The van der Waals surface area contributed by atoms with E-state index in [0.29, 0.717) is 12.0 Å². The molecule has 0 aromatic heterocycles. The second-order valence-corrected chi connectivity index (χ2v) is 12.5. The number of amides is 1. The molecule has 0 radical (unpaired) electrons. The van der Waals surface area contributed by atoms with Crippen molar-refractivity contribution in [3.05, 3.63) is 82.4 Å². The van der Waals surface area contributed by atoms with Gasteiger partial charge in [-0.1, -0.05) is 56.0 Å². The van der Waals surface area contributed by atoms with Crippen LogP contribution in [0.3, 0.4) is 0 Å². The Morgan fingerprint density at radius 2 is 1.88 bits per heavy atom. The Labute approximate surface area is 234 Å². The van der Waals surface area contributed by atoms with Crippen molar-refractivity contribution in [2.45, 2.75) is 71.0 Å². The molecule has 1 aromatic carbocycles. The minimum absolute atomic E-state index is 0.0417. The number of benzene rings is 1. The third-order valence-electron chi connectivity index (χ3n) is 9.13. The first kappa shape index (κ1) is 28.6. The summed E-state index contributed by atoms with van der Waals surface area (Å²) in [5.41, 5.74) is 3.21. The molecule has 2 fully saturated rings. The summed E-state index contributed by atoms with van der Waals surface area (Å²) in [6.07, 6.45) is 8.82. The zero-order valence-electron chi connectivity index (χ0n) is 23.3. The molecular formula is C33H38F4N2O. The number of nitrogens with one attached hydrogen (secondary N) is 1. The largest absolute Gasteiger partial charge is 0.417 e. The average molecular weight is 555 g/mol. The molecule has 214 valence electrons. The van der Waals surface area contributed by atoms with Gasteiger partial charge < -0.3 is 5.32 Å². The van der Waals surface area contributed by atoms with Gasteiger partial charge in [0.2, 0.25) is 5.91 Å². The van der Waals surface area contributed by atoms with Crippen molar-refractivity contribution < 1.29 is 22.4 Å². The molecule has 1 heterocycles. The van der Waals surface area contributed by atoms with Gasteiger partial charge in [0.1, 0.15) is 0 Å². The molecule has 1 N–H and O–H groups in total. The molecule has 1 aliphatic heterocycles. The van der Waals surface area contributed by atoms with E-state index in [0.717, 1.165) is 70.2 Å². The third-order valence-corrected chi connectivity index (χ3v) is 9.13. The molecule has 2 unspecified atom stereocenters. The molecule has 2 atom stereocenters. The zero-order chi connectivity index (χ0) is 28.5. The van der Waals surface area contributed by atoms with Crippen LogP contribution in [0.25, 0.3) is 6.08 Å². The second-order valence-electron chi connectivity index (χ2n) is 12.5. The van der Waals surface area contributed by atoms with E-state index in [1.54, 1.807) is 0 Å². The predicted molar refractivity (Wildman–Crippen MR) is 150 cm³/mol. The molecule has 0 spiro atoms. The highest BCUT2D eigenvalue weighted by Gasteiger charge is 2.55. The van der Waals surface area contributed by atoms with Crippen LogP contribution in [0.2, 0.25) is 0 Å². The van der Waals surface area contributed by atoms with Crippen molar-refractivity contribution in [3.63, 3.8) is 0 Å². The molecule has 1 aromatic rings. The molecule has 0 saturated heterocycles. The number of hydrogen-bond donors (Lipinski definition) is 1. The van der Waals surface area contributed by atoms with Crippen molar-refractivity contribution in [1.29, 1.82) is 0 Å². The fourth-order valence-corrected chi connectivity index (χ4v) is 6.51. The van der Waals surface area contributed by atoms with E-state index in [9.17, 15) is 22.4 Å². The number of halogens is 4. The van der Waals surface area contributed by atoms with Crippen molar-refractivity contribution in [2.75, 3.05) is 19.6 Å². The molecular weight excluding hydrogens is 516 g/mol. The summed E-state index contributed by atoms with van der Waals surface area (Å²) in [5.74, 6) is -0.710. The Morgan fingerprint density at radius 1 is 1.10 bits per heavy atom. The SMILES string of the molecule is CC1(C)/C=C\c2ccccc2CCN(C2CCC(C(=O)NCC3=CC(F)=C=CC(C(F)(F)F)=C3)(C3CC3)C2)CC1. The number of alkyl halides is 3. The van der Waals surface area contributed by atoms with Crippen LogP contribution < -0.4 is 5.32 Å². The number of rotatable bonds is 5. The first-order valence-corrected chi connectivity index (χ1v) is 14.4. The summed E-state index contributed by atoms with van der Waals surface area (Å²) < 4.78 is 53.9. The minimum atomic E-state index is -4.62. The van der Waals surface area contributed by atoms with Crippen LogP contribution in [0.4, 0.5) is 17.6 Å². The fourth-order valence-electron chi connectivity index (χ4n) is 6.51. The number of carbonyl (C=O) groups is 1. The van der Waals surface area contributed by atoms with Gasteiger partial charge in [-0.15, -0.1) is 0 Å². The Bertz CT molecular complexity index is 1290. The van der Waals surface area contributed by atoms with Crippen LogP contribution in [-0.4, -0.2) is 42.7 Å². The number of fused-ring (bicyclic) bond motifs is 1. The molecule has 3 aliphatic carbocycles. The lowest BCUT2D eigenvalue weighted by molar-refractivity contribution is -0.132. The van der Waals surface area contributed by atoms with Gasteiger partial charge in [-0.3, -0.25) is 9.69 Å². The summed E-state index contributed by atoms with van der Waals surface area (Å²) >= 11 is 0. The standard InChI is InChI=1S/C33H38F4N2O/c1-31(2)14-11-24-5-3-4-6-25(24)13-17-39(18-16-31)29-12-15-32(21-29,26-7-8-26)30(40)38-22-23-19-27(33(35,36)37)9-10-28(34)20-23/h3-6,9,11,14,19-20,26,29H,7-8,12-13,15-18,21-22H2,1-2H3,(H,38,40)/b14-11-. The number of hydrogen-bond acceptors (Lipinski definition) is 2. The number of allylic oxidation sites excluding steroid dienone is 4. The lowest BCUT2D eigenvalue weighted by atomic mass is 9.79. The summed E-state index contributed by atoms with van der Waals surface area (Å²) in [7, 11) is 0. The summed E-state index contributed by atoms with van der Waals surface area (Å²) in [4.78, 5) is 16.3. The highest BCUT2D eigenvalue weighted by Crippen LogP contribution is 2.56. The number of carbonyl (C=O) groups excluding carboxylic acids is 1. The van der Waals surface area contributed by atoms with E-state index in [2.05, 4.69) is 60.5 Å². The smallest absolute Gasteiger partial charge is 0.352 e. The van der Waals surface area contributed by atoms with Crippen molar-refractivity contribution in [1.82, 2.24) is 10.2 Å². The Kier molecular flexibility index (Phi) is 8.00. The summed E-state index contributed by atoms with van der Waals surface area (Å²) in [5, 5.41) is 2.90. The zero-order valence-corrected chi connectivity index (χ0v) is 23.3. The highest BCUT2D eigenvalue weighted by atomic mass is 19.4. The molecule has 40 heavy (non-hydrogen) atoms. The average Bonchev–Trinajstić information content (AvgIpc) is 3.70. The maximum absolute atomic E-state index is 14.0. The van der Waals surface area contributed by atoms with E-state index in [4.69, 9.17) is 0 Å². The van der Waals surface area contributed by atoms with Crippen LogP contribution in [0.5, 0.6) is 0 Å². The Morgan fingerprint density at radius 3 is 2.62 bits per heavy atom. The monoisotopic (exact) mass is 554 g/mol. The van der Waals surface area contributed by atoms with E-state index in [1.165, 1.54) is 11.1 Å². The maximum Gasteiger partial charge on any atom is 0.417 e. The first-order chi connectivity index (χ1) is 19.0. The normalized spacial score (nSPS) is 28.1. The van der Waals surface area contributed by atoms with Crippen LogP contribution in [0, 0.1) is 16.7 Å². The van der Waals surface area contributed by atoms with Crippen LogP contribution >= 0.6 is 0 Å². The van der Waals surface area contributed by atoms with Gasteiger partial charge in [0.25, 0.3) is 0 Å². The molecule has 2 saturated carbocycles. The molecule has 1 amide bonds. The van der Waals surface area contributed by atoms with E-state index in [1.807, 2.05) is 5.73 Å². The topological polar surface area (TPSA) is 32.3 Å². The second kappa shape index (κ2) is 11.2. The quantitative estimate of drug-likeness (QED) is 0.302. The Balaban J connectivity index is 1.30. The van der Waals surface area contributed by atoms with Gasteiger partial charge in [-0.05, 0) is 97.8 Å². The molecule has 0 bridgehead atoms. The van der Waals surface area contributed by atoms with E-state index in [-0.39, 0.29) is 29.5 Å². The molecule has 5 rings (SSSR count). The first-order valence-electron chi connectivity index (χ1n) is 14.4. The van der Waals surface area contributed by atoms with E-state index >= 15 is 0 Å². The van der Waals surface area contributed by atoms with Gasteiger partial charge >= 0.3 is 6.18 Å². The van der Waals surface area contributed by atoms with E-state index < -0.39 is 23.0 Å². The Hall–Kier alpha value is -2.89. The highest BCUT2D eigenvalue weighted by molar-refractivity contribution is 5.84. The summed E-state index contributed by atoms with van der Waals surface area (Å²) in [6, 6.07) is 8.79. The van der Waals surface area contributed by atoms with Gasteiger partial charge in [-0.25, -0.2) is 0 Å². The van der Waals surface area contributed by atoms with Crippen LogP contribution in [-0.2, 0) is 11.2 Å².